The molecule has 0 amide bonds. The molecule has 0 fully saturated rings. The summed E-state index contributed by atoms with van der Waals surface area (Å²) in [5.41, 5.74) is 11.7. The molecule has 6 aromatic carbocycles. The lowest BCUT2D eigenvalue weighted by molar-refractivity contribution is -0.385. The number of benzene rings is 6. The maximum Gasteiger partial charge on any atom is 0.281 e. The normalized spacial score (nSPS) is 9.36. The third-order valence-electron chi connectivity index (χ3n) is 7.63. The Hall–Kier alpha value is -6.33. The number of hydrogen-bond acceptors (Lipinski definition) is 6. The Morgan fingerprint density at radius 1 is 0.441 bits per heavy atom. The fraction of sp³-hybridized carbons (Fsp3) is 0. The number of nitro groups is 2. The molecule has 0 saturated heterocycles. The van der Waals surface area contributed by atoms with E-state index in [-0.39, 0.29) is 16.9 Å². The summed E-state index contributed by atoms with van der Waals surface area (Å²) in [7, 11) is 0. The van der Waals surface area contributed by atoms with Crippen molar-refractivity contribution in [3.8, 4) is 35.5 Å². The smallest absolute Gasteiger partial charge is 0.281 e. The predicted molar refractivity (Wildman–Crippen MR) is 251 cm³/mol. The Balaban J connectivity index is 0.000000196. The van der Waals surface area contributed by atoms with E-state index in [4.69, 9.17) is 5.73 Å². The van der Waals surface area contributed by atoms with Crippen molar-refractivity contribution in [2.45, 2.75) is 0 Å². The number of allylic oxidation sites excluding steroid dienone is 2. The predicted octanol–water partition coefficient (Wildman–Crippen LogP) is 12.7. The van der Waals surface area contributed by atoms with E-state index in [1.807, 2.05) is 91.0 Å². The van der Waals surface area contributed by atoms with Crippen LogP contribution in [0.3, 0.4) is 0 Å². The number of carbonyl (C=O) groups is 1. The number of nitrogen functional groups attached to an aromatic ring is 1. The lowest BCUT2D eigenvalue weighted by Crippen LogP contribution is -2.01. The highest BCUT2D eigenvalue weighted by molar-refractivity contribution is 9.28. The number of Topliss-reactive ketones (excluding diaryl/α,β-unsaturated/α-hetero) is 1. The molecule has 0 radical (unpaired) electrons. The van der Waals surface area contributed by atoms with Crippen LogP contribution < -0.4 is 5.73 Å². The van der Waals surface area contributed by atoms with Crippen LogP contribution in [0, 0.1) is 55.8 Å². The highest BCUT2D eigenvalue weighted by Crippen LogP contribution is 2.33. The van der Waals surface area contributed by atoms with Gasteiger partial charge in [-0.25, -0.2) is 0 Å². The maximum atomic E-state index is 11.9. The molecular weight excluding hydrogens is 1010 g/mol. The van der Waals surface area contributed by atoms with Gasteiger partial charge in [0.15, 0.2) is 0 Å². The molecule has 0 saturated carbocycles. The maximum absolute atomic E-state index is 11.9. The molecule has 0 aromatic heterocycles. The zero-order valence-corrected chi connectivity index (χ0v) is 37.0. The number of carbonyl (C=O) groups excluding carboxylic acids is 1. The van der Waals surface area contributed by atoms with E-state index in [2.05, 4.69) is 99.2 Å². The third-order valence-corrected chi connectivity index (χ3v) is 9.21. The van der Waals surface area contributed by atoms with Gasteiger partial charge in [0.25, 0.3) is 11.4 Å². The Morgan fingerprint density at radius 2 is 0.763 bits per heavy atom. The standard InChI is InChI=1S/C16H9Br2NO2.C16H11Br2N.C15H9NO3/c17-16(18)14(11-10-12-6-2-1-3-7-12)13-8-4-5-9-15(13)19(20)21;17-16(18)14(13-8-4-5-9-15(13)19)11-10-12-6-2-1-3-7-12;17-15(11-10-12-6-2-1-3-7-12)13-8-4-5-9-14(13)16(18)19/h1-9H;1-9H,19H2;1-9H. The molecular formula is C47H29Br4N3O5. The summed E-state index contributed by atoms with van der Waals surface area (Å²) in [6.07, 6.45) is 0. The van der Waals surface area contributed by atoms with Gasteiger partial charge in [0, 0.05) is 40.1 Å². The van der Waals surface area contributed by atoms with Crippen molar-refractivity contribution < 1.29 is 14.6 Å². The minimum atomic E-state index is -0.586. The number of para-hydroxylation sites is 3. The van der Waals surface area contributed by atoms with Crippen molar-refractivity contribution in [1.82, 2.24) is 0 Å². The van der Waals surface area contributed by atoms with Gasteiger partial charge in [0.1, 0.15) is 5.56 Å². The van der Waals surface area contributed by atoms with E-state index in [9.17, 15) is 25.0 Å². The molecule has 0 aliphatic carbocycles. The summed E-state index contributed by atoms with van der Waals surface area (Å²) >= 11 is 13.5. The molecule has 6 rings (SSSR count). The highest BCUT2D eigenvalue weighted by Gasteiger charge is 2.18. The van der Waals surface area contributed by atoms with Crippen LogP contribution in [0.1, 0.15) is 38.2 Å². The van der Waals surface area contributed by atoms with Crippen LogP contribution in [0.4, 0.5) is 17.1 Å². The molecule has 290 valence electrons. The first-order valence-electron chi connectivity index (χ1n) is 17.1. The number of nitrogens with zero attached hydrogens (tertiary/aromatic N) is 2. The van der Waals surface area contributed by atoms with Crippen molar-refractivity contribution in [3.05, 3.63) is 224 Å². The van der Waals surface area contributed by atoms with Crippen LogP contribution in [0.25, 0.3) is 11.1 Å². The van der Waals surface area contributed by atoms with Crippen molar-refractivity contribution in [3.63, 3.8) is 0 Å². The fourth-order valence-corrected chi connectivity index (χ4v) is 6.11. The van der Waals surface area contributed by atoms with E-state index in [0.29, 0.717) is 25.8 Å². The number of nitrogens with two attached hydrogens (primary N) is 1. The Labute approximate surface area is 375 Å². The van der Waals surface area contributed by atoms with Gasteiger partial charge in [-0.2, -0.15) is 0 Å². The molecule has 0 bridgehead atoms. The van der Waals surface area contributed by atoms with E-state index in [1.165, 1.54) is 24.3 Å². The van der Waals surface area contributed by atoms with Crippen LogP contribution in [0.5, 0.6) is 0 Å². The number of hydrogen-bond donors (Lipinski definition) is 1. The number of nitro benzene ring substituents is 2. The highest BCUT2D eigenvalue weighted by atomic mass is 79.9. The molecule has 59 heavy (non-hydrogen) atoms. The minimum Gasteiger partial charge on any atom is -0.398 e. The van der Waals surface area contributed by atoms with Gasteiger partial charge in [-0.3, -0.25) is 25.0 Å². The van der Waals surface area contributed by atoms with Crippen LogP contribution >= 0.6 is 63.7 Å². The van der Waals surface area contributed by atoms with Crippen LogP contribution in [0.2, 0.25) is 0 Å². The van der Waals surface area contributed by atoms with Crippen LogP contribution in [0.15, 0.2) is 171 Å². The molecule has 6 aromatic rings. The molecule has 0 spiro atoms. The first kappa shape index (κ1) is 45.4. The van der Waals surface area contributed by atoms with Gasteiger partial charge in [0.2, 0.25) is 5.78 Å². The summed E-state index contributed by atoms with van der Waals surface area (Å²) in [6, 6.07) is 48.2. The lowest BCUT2D eigenvalue weighted by Gasteiger charge is -2.04. The lowest BCUT2D eigenvalue weighted by atomic mass is 10.1. The van der Waals surface area contributed by atoms with E-state index >= 15 is 0 Å². The van der Waals surface area contributed by atoms with Gasteiger partial charge in [-0.15, -0.1) is 0 Å². The van der Waals surface area contributed by atoms with Crippen molar-refractivity contribution in [2.75, 3.05) is 5.73 Å². The topological polar surface area (TPSA) is 129 Å². The Morgan fingerprint density at radius 3 is 1.17 bits per heavy atom. The zero-order valence-electron chi connectivity index (χ0n) is 30.6. The second-order valence-corrected chi connectivity index (χ2v) is 16.9. The Kier molecular flexibility index (Phi) is 18.3. The molecule has 2 N–H and O–H groups in total. The molecule has 8 nitrogen and oxygen atoms in total. The van der Waals surface area contributed by atoms with Gasteiger partial charge in [0.05, 0.1) is 33.3 Å². The van der Waals surface area contributed by atoms with Crippen LogP contribution in [-0.2, 0) is 0 Å². The van der Waals surface area contributed by atoms with E-state index < -0.39 is 15.6 Å². The summed E-state index contributed by atoms with van der Waals surface area (Å²) in [4.78, 5) is 32.8. The minimum absolute atomic E-state index is 0.0101. The summed E-state index contributed by atoms with van der Waals surface area (Å²) in [6.45, 7) is 0. The molecule has 0 aliphatic rings. The molecule has 12 heteroatoms. The summed E-state index contributed by atoms with van der Waals surface area (Å²) in [5, 5.41) is 21.9. The number of ketones is 1. The Bertz CT molecular complexity index is 2700. The average molecular weight is 1040 g/mol. The fourth-order valence-electron chi connectivity index (χ4n) is 4.86. The van der Waals surface area contributed by atoms with Crippen molar-refractivity contribution in [1.29, 1.82) is 0 Å². The molecule has 0 heterocycles. The quantitative estimate of drug-likeness (QED) is 0.0602. The number of halogens is 4. The second-order valence-electron chi connectivity index (χ2n) is 11.6. The van der Waals surface area contributed by atoms with Gasteiger partial charge < -0.3 is 5.73 Å². The average Bonchev–Trinajstić information content (AvgIpc) is 3.25. The second kappa shape index (κ2) is 23.8. The van der Waals surface area contributed by atoms with Crippen molar-refractivity contribution >= 4 is 97.7 Å². The third kappa shape index (κ3) is 14.5. The van der Waals surface area contributed by atoms with Crippen molar-refractivity contribution in [2.24, 2.45) is 0 Å². The SMILES string of the molecule is Nc1ccccc1C(C#Cc1ccccc1)=C(Br)Br.O=C(C#Cc1ccccc1)c1ccccc1[N+](=O)[O-].O=[N+]([O-])c1ccccc1C(C#Cc1ccccc1)=C(Br)Br. The molecule has 0 atom stereocenters. The van der Waals surface area contributed by atoms with Gasteiger partial charge in [-0.05, 0) is 124 Å². The van der Waals surface area contributed by atoms with E-state index in [1.54, 1.807) is 48.5 Å². The first-order valence-corrected chi connectivity index (χ1v) is 20.3. The van der Waals surface area contributed by atoms with E-state index in [0.717, 1.165) is 25.7 Å². The first-order chi connectivity index (χ1) is 28.5. The molecule has 0 unspecified atom stereocenters. The van der Waals surface area contributed by atoms with Gasteiger partial charge >= 0.3 is 0 Å². The number of rotatable bonds is 5. The van der Waals surface area contributed by atoms with Crippen LogP contribution in [-0.4, -0.2) is 15.6 Å². The summed E-state index contributed by atoms with van der Waals surface area (Å²) < 4.78 is 1.37. The monoisotopic (exact) mass is 1030 g/mol. The van der Waals surface area contributed by atoms with Gasteiger partial charge in [-0.1, -0.05) is 127 Å². The number of anilines is 1. The molecule has 0 aliphatic heterocycles. The zero-order chi connectivity index (χ0) is 42.6. The largest absolute Gasteiger partial charge is 0.398 e. The summed E-state index contributed by atoms with van der Waals surface area (Å²) in [5.74, 6) is 16.8.